The third-order valence-corrected chi connectivity index (χ3v) is 5.99. The van der Waals surface area contributed by atoms with Gasteiger partial charge in [-0.2, -0.15) is 0 Å². The van der Waals surface area contributed by atoms with Gasteiger partial charge in [-0.3, -0.25) is 9.59 Å². The molecule has 0 spiro atoms. The van der Waals surface area contributed by atoms with Gasteiger partial charge in [-0.05, 0) is 50.6 Å². The molecular formula is C25H28N4O4. The first-order valence-electron chi connectivity index (χ1n) is 11.0. The van der Waals surface area contributed by atoms with Crippen LogP contribution in [0.2, 0.25) is 0 Å². The summed E-state index contributed by atoms with van der Waals surface area (Å²) in [4.78, 5) is 39.0. The predicted octanol–water partition coefficient (Wildman–Crippen LogP) is 3.25. The van der Waals surface area contributed by atoms with Crippen LogP contribution in [0, 0.1) is 13.8 Å². The molecule has 1 aliphatic rings. The summed E-state index contributed by atoms with van der Waals surface area (Å²) in [6.45, 7) is 5.91. The number of benzene rings is 2. The van der Waals surface area contributed by atoms with Crippen LogP contribution in [0.1, 0.15) is 38.5 Å². The monoisotopic (exact) mass is 448 g/mol. The Hall–Kier alpha value is -3.68. The molecule has 0 bridgehead atoms. The number of aromatic nitrogens is 2. The van der Waals surface area contributed by atoms with Crippen LogP contribution in [0.25, 0.3) is 11.0 Å². The van der Waals surface area contributed by atoms with E-state index < -0.39 is 0 Å². The summed E-state index contributed by atoms with van der Waals surface area (Å²) in [5, 5.41) is 0. The number of rotatable bonds is 4. The van der Waals surface area contributed by atoms with Crippen molar-refractivity contribution in [1.82, 2.24) is 19.8 Å². The average Bonchev–Trinajstić information content (AvgIpc) is 3.09. The minimum atomic E-state index is -0.103. The molecule has 172 valence electrons. The van der Waals surface area contributed by atoms with Gasteiger partial charge in [0.15, 0.2) is 0 Å². The number of aryl methyl sites for hydroxylation is 2. The van der Waals surface area contributed by atoms with E-state index in [4.69, 9.17) is 9.47 Å². The van der Waals surface area contributed by atoms with Crippen LogP contribution in [-0.4, -0.2) is 72.0 Å². The third kappa shape index (κ3) is 4.74. The molecule has 0 saturated carbocycles. The second-order valence-corrected chi connectivity index (χ2v) is 8.14. The molecule has 1 fully saturated rings. The van der Waals surface area contributed by atoms with E-state index in [1.165, 1.54) is 0 Å². The maximum Gasteiger partial charge on any atom is 0.254 e. The molecule has 1 aliphatic heterocycles. The second-order valence-electron chi connectivity index (χ2n) is 8.14. The molecule has 2 amide bonds. The number of ether oxygens (including phenoxy) is 2. The topological polar surface area (TPSA) is 84.9 Å². The zero-order valence-corrected chi connectivity index (χ0v) is 19.4. The molecule has 0 radical (unpaired) electrons. The highest BCUT2D eigenvalue weighted by Gasteiger charge is 2.24. The molecule has 3 aromatic rings. The van der Waals surface area contributed by atoms with Gasteiger partial charge >= 0.3 is 0 Å². The number of methoxy groups -OCH3 is 2. The Bertz CT molecular complexity index is 1190. The highest BCUT2D eigenvalue weighted by atomic mass is 16.5. The van der Waals surface area contributed by atoms with Crippen LogP contribution in [-0.2, 0) is 0 Å². The number of amides is 2. The van der Waals surface area contributed by atoms with E-state index in [1.807, 2.05) is 19.9 Å². The van der Waals surface area contributed by atoms with Crippen LogP contribution < -0.4 is 9.47 Å². The van der Waals surface area contributed by atoms with Gasteiger partial charge in [0, 0.05) is 43.4 Å². The first kappa shape index (κ1) is 22.5. The van der Waals surface area contributed by atoms with Crippen molar-refractivity contribution in [2.24, 2.45) is 0 Å². The van der Waals surface area contributed by atoms with E-state index >= 15 is 0 Å². The molecule has 33 heavy (non-hydrogen) atoms. The van der Waals surface area contributed by atoms with Crippen molar-refractivity contribution < 1.29 is 19.1 Å². The second kappa shape index (κ2) is 9.44. The summed E-state index contributed by atoms with van der Waals surface area (Å²) in [6.07, 6.45) is 0.699. The number of hydrogen-bond donors (Lipinski definition) is 0. The highest BCUT2D eigenvalue weighted by Crippen LogP contribution is 2.24. The molecule has 2 aromatic carbocycles. The van der Waals surface area contributed by atoms with E-state index in [9.17, 15) is 9.59 Å². The molecule has 0 atom stereocenters. The van der Waals surface area contributed by atoms with Gasteiger partial charge in [0.05, 0.1) is 36.6 Å². The first-order chi connectivity index (χ1) is 15.9. The average molecular weight is 449 g/mol. The van der Waals surface area contributed by atoms with Crippen molar-refractivity contribution in [3.8, 4) is 11.5 Å². The van der Waals surface area contributed by atoms with Crippen LogP contribution in [0.5, 0.6) is 11.5 Å². The molecule has 2 heterocycles. The quantitative estimate of drug-likeness (QED) is 0.609. The maximum atomic E-state index is 13.2. The standard InChI is InChI=1S/C25H28N4O4/c1-16-17(2)27-23-14-18(6-7-22(23)26-16)24(30)28-8-5-9-29(11-10-28)25(31)19-12-20(32-3)15-21(13-19)33-4/h6-7,12-15H,5,8-11H2,1-4H3. The number of carbonyl (C=O) groups is 2. The zero-order chi connectivity index (χ0) is 23.5. The lowest BCUT2D eigenvalue weighted by Gasteiger charge is -2.23. The van der Waals surface area contributed by atoms with Crippen molar-refractivity contribution >= 4 is 22.8 Å². The zero-order valence-electron chi connectivity index (χ0n) is 19.4. The predicted molar refractivity (Wildman–Crippen MR) is 125 cm³/mol. The molecular weight excluding hydrogens is 420 g/mol. The highest BCUT2D eigenvalue weighted by molar-refractivity contribution is 5.98. The van der Waals surface area contributed by atoms with Crippen molar-refractivity contribution in [3.63, 3.8) is 0 Å². The molecule has 8 nitrogen and oxygen atoms in total. The summed E-state index contributed by atoms with van der Waals surface area (Å²) < 4.78 is 10.6. The molecule has 1 aromatic heterocycles. The fourth-order valence-corrected chi connectivity index (χ4v) is 3.98. The lowest BCUT2D eigenvalue weighted by Crippen LogP contribution is -2.37. The summed E-state index contributed by atoms with van der Waals surface area (Å²) in [5.74, 6) is 0.964. The smallest absolute Gasteiger partial charge is 0.254 e. The van der Waals surface area contributed by atoms with Gasteiger partial charge in [-0.25, -0.2) is 9.97 Å². The lowest BCUT2D eigenvalue weighted by molar-refractivity contribution is 0.0718. The van der Waals surface area contributed by atoms with Gasteiger partial charge in [-0.15, -0.1) is 0 Å². The van der Waals surface area contributed by atoms with Gasteiger partial charge < -0.3 is 19.3 Å². The Morgan fingerprint density at radius 1 is 0.727 bits per heavy atom. The summed E-state index contributed by atoms with van der Waals surface area (Å²) in [7, 11) is 3.11. The Morgan fingerprint density at radius 3 is 1.85 bits per heavy atom. The lowest BCUT2D eigenvalue weighted by atomic mass is 10.1. The van der Waals surface area contributed by atoms with Crippen LogP contribution in [0.4, 0.5) is 0 Å². The van der Waals surface area contributed by atoms with Gasteiger partial charge in [0.2, 0.25) is 0 Å². The maximum absolute atomic E-state index is 13.2. The Kier molecular flexibility index (Phi) is 6.44. The summed E-state index contributed by atoms with van der Waals surface area (Å²) in [5.41, 5.74) is 4.30. The molecule has 0 unspecified atom stereocenters. The van der Waals surface area contributed by atoms with Crippen molar-refractivity contribution in [3.05, 3.63) is 58.9 Å². The van der Waals surface area contributed by atoms with Crippen molar-refractivity contribution in [2.45, 2.75) is 20.3 Å². The summed E-state index contributed by atoms with van der Waals surface area (Å²) >= 11 is 0. The van der Waals surface area contributed by atoms with Gasteiger partial charge in [0.1, 0.15) is 11.5 Å². The minimum Gasteiger partial charge on any atom is -0.497 e. The Labute approximate surface area is 193 Å². The number of nitrogens with zero attached hydrogens (tertiary/aromatic N) is 4. The van der Waals surface area contributed by atoms with Crippen LogP contribution in [0.3, 0.4) is 0 Å². The molecule has 1 saturated heterocycles. The SMILES string of the molecule is COc1cc(OC)cc(C(=O)N2CCCN(C(=O)c3ccc4nc(C)c(C)nc4c3)CC2)c1. The Balaban J connectivity index is 1.49. The van der Waals surface area contributed by atoms with E-state index in [-0.39, 0.29) is 11.8 Å². The van der Waals surface area contributed by atoms with E-state index in [2.05, 4.69) is 9.97 Å². The minimum absolute atomic E-state index is 0.0609. The Morgan fingerprint density at radius 2 is 1.27 bits per heavy atom. The number of carbonyl (C=O) groups excluding carboxylic acids is 2. The number of fused-ring (bicyclic) bond motifs is 1. The molecule has 4 rings (SSSR count). The molecule has 8 heteroatoms. The van der Waals surface area contributed by atoms with E-state index in [1.54, 1.807) is 54.4 Å². The van der Waals surface area contributed by atoms with Crippen LogP contribution >= 0.6 is 0 Å². The van der Waals surface area contributed by atoms with Gasteiger partial charge in [0.25, 0.3) is 11.8 Å². The van der Waals surface area contributed by atoms with Crippen molar-refractivity contribution in [2.75, 3.05) is 40.4 Å². The van der Waals surface area contributed by atoms with Gasteiger partial charge in [-0.1, -0.05) is 0 Å². The fraction of sp³-hybridized carbons (Fsp3) is 0.360. The van der Waals surface area contributed by atoms with E-state index in [0.29, 0.717) is 60.7 Å². The van der Waals surface area contributed by atoms with Crippen molar-refractivity contribution in [1.29, 1.82) is 0 Å². The summed E-state index contributed by atoms with van der Waals surface area (Å²) in [6, 6.07) is 10.6. The third-order valence-electron chi connectivity index (χ3n) is 5.99. The normalized spacial score (nSPS) is 14.2. The molecule has 0 N–H and O–H groups in total. The number of hydrogen-bond acceptors (Lipinski definition) is 6. The van der Waals surface area contributed by atoms with E-state index in [0.717, 1.165) is 16.9 Å². The largest absolute Gasteiger partial charge is 0.497 e. The fourth-order valence-electron chi connectivity index (χ4n) is 3.98. The van der Waals surface area contributed by atoms with Crippen LogP contribution in [0.15, 0.2) is 36.4 Å². The molecule has 0 aliphatic carbocycles. The first-order valence-corrected chi connectivity index (χ1v) is 11.0.